The lowest BCUT2D eigenvalue weighted by Crippen LogP contribution is -2.04. The molecule has 0 fully saturated rings. The highest BCUT2D eigenvalue weighted by atomic mass is 16.1. The molecule has 0 saturated carbocycles. The smallest absolute Gasteiger partial charge is 0.188 e. The molecule has 0 saturated heterocycles. The SMILES string of the molecule is C=CCCCC1=CCCc2ccccc2C1=O. The maximum Gasteiger partial charge on any atom is 0.188 e. The van der Waals surface area contributed by atoms with Gasteiger partial charge in [-0.2, -0.15) is 0 Å². The van der Waals surface area contributed by atoms with E-state index < -0.39 is 0 Å². The first-order chi connectivity index (χ1) is 8.33. The molecular weight excluding hydrogens is 208 g/mol. The van der Waals surface area contributed by atoms with Crippen molar-refractivity contribution in [1.82, 2.24) is 0 Å². The molecule has 1 heteroatoms. The molecule has 0 atom stereocenters. The van der Waals surface area contributed by atoms with Gasteiger partial charge in [-0.05, 0) is 43.2 Å². The van der Waals surface area contributed by atoms with Crippen LogP contribution in [0.25, 0.3) is 0 Å². The lowest BCUT2D eigenvalue weighted by molar-refractivity contribution is 0.103. The number of fused-ring (bicyclic) bond motifs is 1. The van der Waals surface area contributed by atoms with E-state index in [1.807, 2.05) is 24.3 Å². The number of unbranched alkanes of at least 4 members (excludes halogenated alkanes) is 1. The van der Waals surface area contributed by atoms with Gasteiger partial charge in [-0.15, -0.1) is 6.58 Å². The number of carbonyl (C=O) groups is 1. The fraction of sp³-hybridized carbons (Fsp3) is 0.312. The summed E-state index contributed by atoms with van der Waals surface area (Å²) in [6.07, 6.45) is 8.86. The van der Waals surface area contributed by atoms with Gasteiger partial charge in [0.25, 0.3) is 0 Å². The Balaban J connectivity index is 2.18. The Morgan fingerprint density at radius 2 is 2.12 bits per heavy atom. The van der Waals surface area contributed by atoms with E-state index in [1.54, 1.807) is 0 Å². The molecule has 0 spiro atoms. The van der Waals surface area contributed by atoms with Crippen LogP contribution in [0.1, 0.15) is 41.6 Å². The van der Waals surface area contributed by atoms with Gasteiger partial charge in [0.1, 0.15) is 0 Å². The van der Waals surface area contributed by atoms with E-state index >= 15 is 0 Å². The Bertz CT molecular complexity index is 454. The van der Waals surface area contributed by atoms with E-state index in [0.29, 0.717) is 0 Å². The van der Waals surface area contributed by atoms with Crippen molar-refractivity contribution in [1.29, 1.82) is 0 Å². The van der Waals surface area contributed by atoms with Crippen LogP contribution >= 0.6 is 0 Å². The van der Waals surface area contributed by atoms with Crippen molar-refractivity contribution in [3.8, 4) is 0 Å². The molecule has 17 heavy (non-hydrogen) atoms. The van der Waals surface area contributed by atoms with Crippen LogP contribution in [0.3, 0.4) is 0 Å². The van der Waals surface area contributed by atoms with E-state index in [-0.39, 0.29) is 5.78 Å². The maximum absolute atomic E-state index is 12.3. The molecule has 0 heterocycles. The van der Waals surface area contributed by atoms with Gasteiger partial charge >= 0.3 is 0 Å². The zero-order chi connectivity index (χ0) is 12.1. The quantitative estimate of drug-likeness (QED) is 0.558. The van der Waals surface area contributed by atoms with Crippen LogP contribution in [0.15, 0.2) is 48.6 Å². The number of ketones is 1. The van der Waals surface area contributed by atoms with Crippen molar-refractivity contribution in [2.75, 3.05) is 0 Å². The Labute approximate surface area is 103 Å². The number of Topliss-reactive ketones (excluding diaryl/α,β-unsaturated/α-hetero) is 1. The monoisotopic (exact) mass is 226 g/mol. The van der Waals surface area contributed by atoms with Crippen LogP contribution in [-0.2, 0) is 6.42 Å². The third-order valence-corrected chi connectivity index (χ3v) is 3.21. The van der Waals surface area contributed by atoms with Crippen molar-refractivity contribution in [2.24, 2.45) is 0 Å². The van der Waals surface area contributed by atoms with E-state index in [4.69, 9.17) is 0 Å². The molecule has 1 aromatic carbocycles. The number of carbonyl (C=O) groups excluding carboxylic acids is 1. The molecule has 1 aliphatic carbocycles. The molecule has 1 aromatic rings. The zero-order valence-corrected chi connectivity index (χ0v) is 10.1. The third-order valence-electron chi connectivity index (χ3n) is 3.21. The van der Waals surface area contributed by atoms with Gasteiger partial charge in [-0.3, -0.25) is 4.79 Å². The summed E-state index contributed by atoms with van der Waals surface area (Å²) in [6.45, 7) is 3.71. The maximum atomic E-state index is 12.3. The topological polar surface area (TPSA) is 17.1 Å². The van der Waals surface area contributed by atoms with Gasteiger partial charge in [-0.1, -0.05) is 36.4 Å². The Hall–Kier alpha value is -1.63. The number of benzene rings is 1. The predicted molar refractivity (Wildman–Crippen MR) is 71.2 cm³/mol. The highest BCUT2D eigenvalue weighted by Crippen LogP contribution is 2.23. The second-order valence-electron chi connectivity index (χ2n) is 4.44. The summed E-state index contributed by atoms with van der Waals surface area (Å²) in [6, 6.07) is 7.97. The lowest BCUT2D eigenvalue weighted by atomic mass is 9.97. The summed E-state index contributed by atoms with van der Waals surface area (Å²) in [5.41, 5.74) is 3.07. The summed E-state index contributed by atoms with van der Waals surface area (Å²) in [4.78, 5) is 12.3. The summed E-state index contributed by atoms with van der Waals surface area (Å²) in [5.74, 6) is 0.224. The number of hydrogen-bond acceptors (Lipinski definition) is 1. The lowest BCUT2D eigenvalue weighted by Gasteiger charge is -2.06. The first-order valence-corrected chi connectivity index (χ1v) is 6.25. The summed E-state index contributed by atoms with van der Waals surface area (Å²) in [5, 5.41) is 0. The Morgan fingerprint density at radius 3 is 2.94 bits per heavy atom. The molecule has 0 aromatic heterocycles. The third kappa shape index (κ3) is 2.73. The average molecular weight is 226 g/mol. The van der Waals surface area contributed by atoms with Crippen molar-refractivity contribution in [3.05, 3.63) is 59.7 Å². The first kappa shape index (κ1) is 11.8. The Kier molecular flexibility index (Phi) is 3.92. The van der Waals surface area contributed by atoms with E-state index in [9.17, 15) is 4.79 Å². The van der Waals surface area contributed by atoms with Gasteiger partial charge in [0.05, 0.1) is 0 Å². The van der Waals surface area contributed by atoms with Crippen molar-refractivity contribution < 1.29 is 4.79 Å². The number of allylic oxidation sites excluding steroid dienone is 3. The van der Waals surface area contributed by atoms with E-state index in [0.717, 1.165) is 43.2 Å². The molecule has 0 aliphatic heterocycles. The molecule has 0 bridgehead atoms. The molecular formula is C16H18O. The zero-order valence-electron chi connectivity index (χ0n) is 10.1. The molecule has 1 nitrogen and oxygen atoms in total. The molecule has 0 N–H and O–H groups in total. The molecule has 88 valence electrons. The minimum atomic E-state index is 0.224. The highest BCUT2D eigenvalue weighted by molar-refractivity contribution is 6.09. The van der Waals surface area contributed by atoms with Crippen LogP contribution < -0.4 is 0 Å². The predicted octanol–water partition coefficient (Wildman–Crippen LogP) is 4.10. The summed E-state index contributed by atoms with van der Waals surface area (Å²) >= 11 is 0. The minimum Gasteiger partial charge on any atom is -0.289 e. The molecule has 2 rings (SSSR count). The van der Waals surface area contributed by atoms with Crippen LogP contribution in [-0.4, -0.2) is 5.78 Å². The van der Waals surface area contributed by atoms with Crippen LogP contribution in [0.4, 0.5) is 0 Å². The molecule has 0 unspecified atom stereocenters. The molecule has 0 amide bonds. The normalized spacial score (nSPS) is 14.8. The van der Waals surface area contributed by atoms with Gasteiger partial charge < -0.3 is 0 Å². The van der Waals surface area contributed by atoms with Crippen molar-refractivity contribution >= 4 is 5.78 Å². The number of hydrogen-bond donors (Lipinski definition) is 0. The first-order valence-electron chi connectivity index (χ1n) is 6.25. The van der Waals surface area contributed by atoms with Gasteiger partial charge in [-0.25, -0.2) is 0 Å². The van der Waals surface area contributed by atoms with Gasteiger partial charge in [0.2, 0.25) is 0 Å². The largest absolute Gasteiger partial charge is 0.289 e. The van der Waals surface area contributed by atoms with Crippen molar-refractivity contribution in [2.45, 2.75) is 32.1 Å². The Morgan fingerprint density at radius 1 is 1.29 bits per heavy atom. The average Bonchev–Trinajstić information content (AvgIpc) is 2.51. The molecule has 0 radical (unpaired) electrons. The van der Waals surface area contributed by atoms with Crippen LogP contribution in [0.2, 0.25) is 0 Å². The van der Waals surface area contributed by atoms with E-state index in [2.05, 4.69) is 18.7 Å². The number of rotatable bonds is 4. The van der Waals surface area contributed by atoms with E-state index in [1.165, 1.54) is 5.56 Å². The van der Waals surface area contributed by atoms with Crippen LogP contribution in [0, 0.1) is 0 Å². The summed E-state index contributed by atoms with van der Waals surface area (Å²) < 4.78 is 0. The minimum absolute atomic E-state index is 0.224. The van der Waals surface area contributed by atoms with Crippen LogP contribution in [0.5, 0.6) is 0 Å². The highest BCUT2D eigenvalue weighted by Gasteiger charge is 2.17. The fourth-order valence-corrected chi connectivity index (χ4v) is 2.28. The summed E-state index contributed by atoms with van der Waals surface area (Å²) in [7, 11) is 0. The fourth-order valence-electron chi connectivity index (χ4n) is 2.28. The van der Waals surface area contributed by atoms with Gasteiger partial charge in [0.15, 0.2) is 5.78 Å². The number of aryl methyl sites for hydroxylation is 1. The second-order valence-corrected chi connectivity index (χ2v) is 4.44. The van der Waals surface area contributed by atoms with Gasteiger partial charge in [0, 0.05) is 5.56 Å². The second kappa shape index (κ2) is 5.62. The standard InChI is InChI=1S/C16H18O/c1-2-3-4-9-14-11-7-10-13-8-5-6-12-15(13)16(14)17/h2,5-6,8,11-12H,1,3-4,7,9-10H2. The van der Waals surface area contributed by atoms with Crippen molar-refractivity contribution in [3.63, 3.8) is 0 Å². The molecule has 1 aliphatic rings.